The minimum absolute atomic E-state index is 1.45. The molecule has 0 aliphatic rings. The van der Waals surface area contributed by atoms with Crippen molar-refractivity contribution in [2.75, 3.05) is 0 Å². The molecule has 0 unspecified atom stereocenters. The molecule has 0 saturated carbocycles. The lowest BCUT2D eigenvalue weighted by molar-refractivity contribution is 0.309. The van der Waals surface area contributed by atoms with E-state index in [9.17, 15) is 0 Å². The highest BCUT2D eigenvalue weighted by Crippen LogP contribution is 2.21. The molecule has 94 valence electrons. The fraction of sp³-hybridized carbons (Fsp3) is 0.600. The predicted molar refractivity (Wildman–Crippen MR) is 76.1 cm³/mol. The lowest BCUT2D eigenvalue weighted by atomic mass is 11.2. The normalized spacial score (nSPS) is 13.4. The van der Waals surface area contributed by atoms with Crippen molar-refractivity contribution in [3.8, 4) is 0 Å². The van der Waals surface area contributed by atoms with Gasteiger partial charge >= 0.3 is 17.1 Å². The third-order valence-corrected chi connectivity index (χ3v) is 11.6. The lowest BCUT2D eigenvalue weighted by Crippen LogP contribution is -2.52. The Hall–Kier alpha value is -0.149. The van der Waals surface area contributed by atoms with Gasteiger partial charge in [-0.05, 0) is 39.3 Å². The summed E-state index contributed by atoms with van der Waals surface area (Å²) in [6.45, 7) is 19.7. The molecule has 0 aromatic rings. The van der Waals surface area contributed by atoms with Crippen LogP contribution in [0.4, 0.5) is 0 Å². The summed E-state index contributed by atoms with van der Waals surface area (Å²) in [6.07, 6.45) is 1.45. The molecule has 6 heteroatoms. The van der Waals surface area contributed by atoms with E-state index in [1.807, 2.05) is 31.9 Å². The monoisotopic (exact) mass is 276 g/mol. The van der Waals surface area contributed by atoms with Crippen molar-refractivity contribution in [3.05, 3.63) is 25.1 Å². The summed E-state index contributed by atoms with van der Waals surface area (Å²) >= 11 is 0. The smallest absolute Gasteiger partial charge is 0.383 e. The highest BCUT2D eigenvalue weighted by Gasteiger charge is 2.40. The maximum Gasteiger partial charge on any atom is 0.383 e. The van der Waals surface area contributed by atoms with E-state index in [1.165, 1.54) is 6.26 Å². The molecule has 0 atom stereocenters. The van der Waals surface area contributed by atoms with Crippen LogP contribution in [-0.2, 0) is 12.7 Å². The van der Waals surface area contributed by atoms with Crippen molar-refractivity contribution >= 4 is 25.4 Å². The SMILES string of the molecule is C=CO[Si](C)(C)O[Si](C)(C)O[Si](C)(C)C=C. The van der Waals surface area contributed by atoms with Crippen LogP contribution in [0.1, 0.15) is 0 Å². The van der Waals surface area contributed by atoms with Gasteiger partial charge in [0.1, 0.15) is 0 Å². The maximum absolute atomic E-state index is 6.11. The third kappa shape index (κ3) is 6.44. The first-order chi connectivity index (χ1) is 7.04. The van der Waals surface area contributed by atoms with Gasteiger partial charge in [0, 0.05) is 0 Å². The van der Waals surface area contributed by atoms with Crippen molar-refractivity contribution in [1.29, 1.82) is 0 Å². The molecule has 0 aliphatic heterocycles. The molecular formula is C10H24O3Si3. The first-order valence-corrected chi connectivity index (χ1v) is 14.0. The van der Waals surface area contributed by atoms with Gasteiger partial charge in [0.2, 0.25) is 0 Å². The van der Waals surface area contributed by atoms with Crippen LogP contribution in [0, 0.1) is 0 Å². The Morgan fingerprint density at radius 3 is 1.69 bits per heavy atom. The van der Waals surface area contributed by atoms with Crippen LogP contribution in [0.15, 0.2) is 25.1 Å². The van der Waals surface area contributed by atoms with E-state index in [0.717, 1.165) is 0 Å². The zero-order chi connectivity index (χ0) is 13.0. The number of rotatable bonds is 7. The average molecular weight is 277 g/mol. The van der Waals surface area contributed by atoms with E-state index >= 15 is 0 Å². The van der Waals surface area contributed by atoms with Gasteiger partial charge in [-0.2, -0.15) is 0 Å². The van der Waals surface area contributed by atoms with Gasteiger partial charge < -0.3 is 12.7 Å². The maximum atomic E-state index is 6.11. The fourth-order valence-corrected chi connectivity index (χ4v) is 12.8. The molecule has 0 aromatic carbocycles. The number of hydrogen-bond donors (Lipinski definition) is 0. The molecule has 3 nitrogen and oxygen atoms in total. The second-order valence-electron chi connectivity index (χ2n) is 5.10. The van der Waals surface area contributed by atoms with E-state index in [1.54, 1.807) is 0 Å². The quantitative estimate of drug-likeness (QED) is 0.526. The molecule has 0 aromatic heterocycles. The zero-order valence-electron chi connectivity index (χ0n) is 11.3. The van der Waals surface area contributed by atoms with Crippen LogP contribution in [-0.4, -0.2) is 25.4 Å². The molecule has 0 N–H and O–H groups in total. The van der Waals surface area contributed by atoms with Crippen molar-refractivity contribution in [1.82, 2.24) is 0 Å². The van der Waals surface area contributed by atoms with Crippen LogP contribution in [0.3, 0.4) is 0 Å². The summed E-state index contributed by atoms with van der Waals surface area (Å²) in [4.78, 5) is 0. The molecule has 0 aliphatic carbocycles. The van der Waals surface area contributed by atoms with Crippen LogP contribution in [0.5, 0.6) is 0 Å². The molecule has 0 heterocycles. The fourth-order valence-electron chi connectivity index (χ4n) is 1.51. The van der Waals surface area contributed by atoms with Gasteiger partial charge in [-0.25, -0.2) is 0 Å². The number of hydrogen-bond acceptors (Lipinski definition) is 3. The van der Waals surface area contributed by atoms with Crippen LogP contribution in [0.25, 0.3) is 0 Å². The van der Waals surface area contributed by atoms with Crippen molar-refractivity contribution < 1.29 is 12.7 Å². The van der Waals surface area contributed by atoms with E-state index in [4.69, 9.17) is 12.7 Å². The summed E-state index contributed by atoms with van der Waals surface area (Å²) in [6, 6.07) is 0. The molecule has 0 spiro atoms. The summed E-state index contributed by atoms with van der Waals surface area (Å²) in [5, 5.41) is 0. The first-order valence-electron chi connectivity index (χ1n) is 5.36. The lowest BCUT2D eigenvalue weighted by Gasteiger charge is -2.36. The summed E-state index contributed by atoms with van der Waals surface area (Å²) in [5.41, 5.74) is 1.92. The van der Waals surface area contributed by atoms with Gasteiger partial charge in [-0.3, -0.25) is 0 Å². The summed E-state index contributed by atoms with van der Waals surface area (Å²) in [7, 11) is -6.09. The minimum atomic E-state index is -2.15. The highest BCUT2D eigenvalue weighted by molar-refractivity contribution is 6.88. The Balaban J connectivity index is 4.56. The molecular weight excluding hydrogens is 252 g/mol. The molecule has 0 bridgehead atoms. The zero-order valence-corrected chi connectivity index (χ0v) is 14.3. The van der Waals surface area contributed by atoms with Gasteiger partial charge in [0.15, 0.2) is 8.32 Å². The van der Waals surface area contributed by atoms with E-state index in [2.05, 4.69) is 26.3 Å². The highest BCUT2D eigenvalue weighted by atomic mass is 28.5. The van der Waals surface area contributed by atoms with Gasteiger partial charge in [-0.15, -0.1) is 6.58 Å². The topological polar surface area (TPSA) is 27.7 Å². The van der Waals surface area contributed by atoms with Crippen molar-refractivity contribution in [3.63, 3.8) is 0 Å². The van der Waals surface area contributed by atoms with Crippen LogP contribution < -0.4 is 0 Å². The van der Waals surface area contributed by atoms with Gasteiger partial charge in [0.05, 0.1) is 6.26 Å². The molecule has 0 saturated heterocycles. The molecule has 0 amide bonds. The molecule has 0 rings (SSSR count). The summed E-state index contributed by atoms with van der Waals surface area (Å²) in [5.74, 6) is 0. The Labute approximate surface area is 103 Å². The average Bonchev–Trinajstić information content (AvgIpc) is 1.99. The Kier molecular flexibility index (Phi) is 5.41. The van der Waals surface area contributed by atoms with Crippen molar-refractivity contribution in [2.24, 2.45) is 0 Å². The van der Waals surface area contributed by atoms with Crippen molar-refractivity contribution in [2.45, 2.75) is 39.3 Å². The largest absolute Gasteiger partial charge is 0.528 e. The predicted octanol–water partition coefficient (Wildman–Crippen LogP) is 3.51. The van der Waals surface area contributed by atoms with Gasteiger partial charge in [-0.1, -0.05) is 12.3 Å². The molecule has 0 fully saturated rings. The standard InChI is InChI=1S/C10H24O3Si3/c1-9-11-15(5,6)13-16(7,8)12-14(3,4)10-2/h9-10H,1-2H2,3-8H3. The van der Waals surface area contributed by atoms with Crippen LogP contribution in [0.2, 0.25) is 39.3 Å². The second-order valence-corrected chi connectivity index (χ2v) is 16.2. The van der Waals surface area contributed by atoms with Gasteiger partial charge in [0.25, 0.3) is 0 Å². The molecule has 0 radical (unpaired) electrons. The Morgan fingerprint density at radius 2 is 1.31 bits per heavy atom. The Morgan fingerprint density at radius 1 is 0.812 bits per heavy atom. The van der Waals surface area contributed by atoms with Crippen LogP contribution >= 0.6 is 0 Å². The van der Waals surface area contributed by atoms with E-state index in [0.29, 0.717) is 0 Å². The Bertz CT molecular complexity index is 262. The minimum Gasteiger partial charge on any atom is -0.528 e. The van der Waals surface area contributed by atoms with E-state index < -0.39 is 25.4 Å². The van der Waals surface area contributed by atoms with E-state index in [-0.39, 0.29) is 0 Å². The first kappa shape index (κ1) is 15.9. The second kappa shape index (κ2) is 5.46. The molecule has 16 heavy (non-hydrogen) atoms. The summed E-state index contributed by atoms with van der Waals surface area (Å²) < 4.78 is 17.6. The third-order valence-electron chi connectivity index (χ3n) is 1.86.